The van der Waals surface area contributed by atoms with Crippen molar-refractivity contribution in [3.63, 3.8) is 0 Å². The largest absolute Gasteiger partial charge is 0.358 e. The van der Waals surface area contributed by atoms with Gasteiger partial charge in [0.15, 0.2) is 0 Å². The van der Waals surface area contributed by atoms with Crippen LogP contribution in [0.25, 0.3) is 0 Å². The number of amides is 3. The molecular weight excluding hydrogens is 452 g/mol. The second kappa shape index (κ2) is 10.3. The summed E-state index contributed by atoms with van der Waals surface area (Å²) in [6.45, 7) is 6.53. The van der Waals surface area contributed by atoms with Crippen LogP contribution >= 0.6 is 0 Å². The number of carbonyl (C=O) groups excluding carboxylic acids is 3. The van der Waals surface area contributed by atoms with Gasteiger partial charge in [0, 0.05) is 30.9 Å². The number of benzene rings is 2. The monoisotopic (exact) mass is 488 g/mol. The van der Waals surface area contributed by atoms with Crippen molar-refractivity contribution in [2.75, 3.05) is 41.3 Å². The maximum atomic E-state index is 13.6. The molecule has 7 heteroatoms. The summed E-state index contributed by atoms with van der Waals surface area (Å²) in [4.78, 5) is 45.6. The van der Waals surface area contributed by atoms with Crippen LogP contribution in [-0.2, 0) is 9.59 Å². The number of anilines is 3. The third-order valence-electron chi connectivity index (χ3n) is 7.68. The Hall–Kier alpha value is -3.35. The molecule has 0 bridgehead atoms. The molecule has 1 unspecified atom stereocenters. The lowest BCUT2D eigenvalue weighted by Crippen LogP contribution is -2.56. The van der Waals surface area contributed by atoms with Crippen molar-refractivity contribution in [1.29, 1.82) is 0 Å². The average molecular weight is 489 g/mol. The topological polar surface area (TPSA) is 73.0 Å². The van der Waals surface area contributed by atoms with Crippen molar-refractivity contribution in [3.8, 4) is 0 Å². The molecule has 190 valence electrons. The maximum Gasteiger partial charge on any atom is 0.253 e. The smallest absolute Gasteiger partial charge is 0.253 e. The van der Waals surface area contributed by atoms with Crippen LogP contribution in [0.2, 0.25) is 0 Å². The number of nitrogens with one attached hydrogen (secondary N) is 1. The Labute approximate surface area is 213 Å². The number of carbonyl (C=O) groups is 3. The van der Waals surface area contributed by atoms with Crippen LogP contribution in [0.3, 0.4) is 0 Å². The molecule has 3 heterocycles. The Kier molecular flexibility index (Phi) is 6.99. The van der Waals surface area contributed by atoms with Gasteiger partial charge >= 0.3 is 0 Å². The predicted molar refractivity (Wildman–Crippen MR) is 143 cm³/mol. The first-order valence-electron chi connectivity index (χ1n) is 13.3. The lowest BCUT2D eigenvalue weighted by molar-refractivity contribution is -0.123. The normalized spacial score (nSPS) is 19.7. The van der Waals surface area contributed by atoms with Crippen LogP contribution in [-0.4, -0.2) is 54.8 Å². The molecule has 2 aromatic carbocycles. The van der Waals surface area contributed by atoms with E-state index < -0.39 is 0 Å². The Morgan fingerprint density at radius 2 is 1.64 bits per heavy atom. The summed E-state index contributed by atoms with van der Waals surface area (Å²) >= 11 is 0. The molecule has 3 aliphatic rings. The summed E-state index contributed by atoms with van der Waals surface area (Å²) < 4.78 is 0. The minimum atomic E-state index is -0.256. The summed E-state index contributed by atoms with van der Waals surface area (Å²) in [6, 6.07) is 13.2. The van der Waals surface area contributed by atoms with Crippen molar-refractivity contribution < 1.29 is 14.4 Å². The van der Waals surface area contributed by atoms with Gasteiger partial charge in [0.2, 0.25) is 11.8 Å². The van der Waals surface area contributed by atoms with Gasteiger partial charge in [-0.3, -0.25) is 19.3 Å². The number of nitrogens with zero attached hydrogens (tertiary/aromatic N) is 3. The molecule has 0 aliphatic carbocycles. The fourth-order valence-corrected chi connectivity index (χ4v) is 5.63. The van der Waals surface area contributed by atoms with E-state index in [1.54, 1.807) is 4.90 Å². The third-order valence-corrected chi connectivity index (χ3v) is 7.68. The lowest BCUT2D eigenvalue weighted by Gasteiger charge is -2.45. The highest BCUT2D eigenvalue weighted by molar-refractivity contribution is 6.11. The fourth-order valence-electron chi connectivity index (χ4n) is 5.63. The predicted octanol–water partition coefficient (Wildman–Crippen LogP) is 4.78. The Balaban J connectivity index is 1.41. The maximum absolute atomic E-state index is 13.6. The third kappa shape index (κ3) is 4.84. The van der Waals surface area contributed by atoms with E-state index in [0.29, 0.717) is 22.9 Å². The van der Waals surface area contributed by atoms with Gasteiger partial charge in [0.1, 0.15) is 12.6 Å². The highest BCUT2D eigenvalue weighted by Crippen LogP contribution is 2.40. The number of fused-ring (bicyclic) bond motifs is 3. The summed E-state index contributed by atoms with van der Waals surface area (Å²) in [5, 5.41) is 2.95. The molecule has 0 aromatic heterocycles. The average Bonchev–Trinajstić information content (AvgIpc) is 2.91. The van der Waals surface area contributed by atoms with Gasteiger partial charge in [-0.15, -0.1) is 0 Å². The van der Waals surface area contributed by atoms with E-state index in [0.717, 1.165) is 63.8 Å². The second-order valence-electron chi connectivity index (χ2n) is 10.5. The molecule has 3 amide bonds. The summed E-state index contributed by atoms with van der Waals surface area (Å²) in [5.74, 6) is 0.108. The zero-order valence-corrected chi connectivity index (χ0v) is 21.3. The van der Waals surface area contributed by atoms with Crippen molar-refractivity contribution in [2.45, 2.75) is 64.3 Å². The summed E-state index contributed by atoms with van der Waals surface area (Å²) in [7, 11) is 0. The highest BCUT2D eigenvalue weighted by Gasteiger charge is 2.40. The van der Waals surface area contributed by atoms with Crippen LogP contribution in [0.1, 0.15) is 74.2 Å². The first-order chi connectivity index (χ1) is 17.4. The molecule has 7 nitrogen and oxygen atoms in total. The number of likely N-dealkylation sites (tertiary alicyclic amines) is 1. The highest BCUT2D eigenvalue weighted by atomic mass is 16.2. The lowest BCUT2D eigenvalue weighted by atomic mass is 9.95. The molecular formula is C29H36N4O3. The number of hydrogen-bond acceptors (Lipinski definition) is 4. The Morgan fingerprint density at radius 3 is 2.36 bits per heavy atom. The molecule has 1 atom stereocenters. The Bertz CT molecular complexity index is 1140. The van der Waals surface area contributed by atoms with Crippen LogP contribution < -0.4 is 15.1 Å². The van der Waals surface area contributed by atoms with Crippen LogP contribution in [0, 0.1) is 0 Å². The van der Waals surface area contributed by atoms with Crippen LogP contribution in [0.15, 0.2) is 42.5 Å². The molecule has 5 rings (SSSR count). The molecule has 2 saturated heterocycles. The minimum Gasteiger partial charge on any atom is -0.358 e. The van der Waals surface area contributed by atoms with E-state index in [9.17, 15) is 14.4 Å². The van der Waals surface area contributed by atoms with E-state index in [-0.39, 0.29) is 30.3 Å². The SMILES string of the molecule is CC(C)c1ccc(NC(=O)CN2C(=O)C3CCCCN3c3ccc(C(=O)N4CCCCC4)cc32)cc1. The molecule has 0 spiro atoms. The molecule has 3 aliphatic heterocycles. The molecule has 0 radical (unpaired) electrons. The van der Waals surface area contributed by atoms with Crippen molar-refractivity contribution >= 4 is 34.8 Å². The standard InChI is InChI=1S/C29H36N4O3/c1-20(2)21-9-12-23(13-10-21)30-27(34)19-33-26-18-22(28(35)31-15-5-3-6-16-31)11-14-24(26)32-17-7-4-8-25(32)29(33)36/h9-14,18,20,25H,3-8,15-17,19H2,1-2H3,(H,30,34). The van der Waals surface area contributed by atoms with Gasteiger partial charge in [-0.25, -0.2) is 0 Å². The molecule has 36 heavy (non-hydrogen) atoms. The first-order valence-corrected chi connectivity index (χ1v) is 13.3. The number of piperidine rings is 2. The quantitative estimate of drug-likeness (QED) is 0.657. The van der Waals surface area contributed by atoms with Crippen molar-refractivity contribution in [1.82, 2.24) is 4.90 Å². The molecule has 0 saturated carbocycles. The summed E-state index contributed by atoms with van der Waals surface area (Å²) in [5.41, 5.74) is 4.09. The van der Waals surface area contributed by atoms with E-state index in [4.69, 9.17) is 0 Å². The zero-order valence-electron chi connectivity index (χ0n) is 21.3. The van der Waals surface area contributed by atoms with E-state index >= 15 is 0 Å². The van der Waals surface area contributed by atoms with Gasteiger partial charge < -0.3 is 15.1 Å². The van der Waals surface area contributed by atoms with E-state index in [1.165, 1.54) is 5.56 Å². The zero-order chi connectivity index (χ0) is 25.2. The van der Waals surface area contributed by atoms with Gasteiger partial charge in [-0.1, -0.05) is 26.0 Å². The van der Waals surface area contributed by atoms with Crippen LogP contribution in [0.5, 0.6) is 0 Å². The first kappa shape index (κ1) is 24.3. The van der Waals surface area contributed by atoms with Crippen molar-refractivity contribution in [3.05, 3.63) is 53.6 Å². The molecule has 1 N–H and O–H groups in total. The van der Waals surface area contributed by atoms with Gasteiger partial charge in [-0.05, 0) is 80.3 Å². The summed E-state index contributed by atoms with van der Waals surface area (Å²) in [6.07, 6.45) is 6.01. The van der Waals surface area contributed by atoms with Gasteiger partial charge in [0.05, 0.1) is 11.4 Å². The van der Waals surface area contributed by atoms with E-state index in [2.05, 4.69) is 24.1 Å². The second-order valence-corrected chi connectivity index (χ2v) is 10.5. The number of hydrogen-bond donors (Lipinski definition) is 1. The Morgan fingerprint density at radius 1 is 0.917 bits per heavy atom. The van der Waals surface area contributed by atoms with Crippen molar-refractivity contribution in [2.24, 2.45) is 0 Å². The molecule has 2 aromatic rings. The number of rotatable bonds is 5. The van der Waals surface area contributed by atoms with Crippen LogP contribution in [0.4, 0.5) is 17.1 Å². The van der Waals surface area contributed by atoms with Gasteiger partial charge in [0.25, 0.3) is 5.91 Å². The minimum absolute atomic E-state index is 0.000334. The van der Waals surface area contributed by atoms with Gasteiger partial charge in [-0.2, -0.15) is 0 Å². The van der Waals surface area contributed by atoms with E-state index in [1.807, 2.05) is 47.4 Å². The molecule has 2 fully saturated rings. The fraction of sp³-hybridized carbons (Fsp3) is 0.483.